The van der Waals surface area contributed by atoms with Gasteiger partial charge in [0.15, 0.2) is 5.76 Å². The second-order valence-electron chi connectivity index (χ2n) is 6.15. The summed E-state index contributed by atoms with van der Waals surface area (Å²) in [5.74, 6) is -0.0519. The number of hydrogen-bond acceptors (Lipinski definition) is 5. The number of hydrogen-bond donors (Lipinski definition) is 2. The molecule has 8 heteroatoms. The number of amides is 1. The van der Waals surface area contributed by atoms with E-state index >= 15 is 0 Å². The number of carbonyl (C=O) groups is 1. The standard InChI is InChI=1S/C15H23N3O4S/c1-11-14(23(20,21)18-7-2-3-8-18)9-13(22-11)15(19)17-10-12-5-4-6-16-12/h9,12,16H,2-8,10H2,1H3,(H,17,19). The summed E-state index contributed by atoms with van der Waals surface area (Å²) in [7, 11) is -3.57. The van der Waals surface area contributed by atoms with E-state index in [4.69, 9.17) is 4.42 Å². The zero-order valence-corrected chi connectivity index (χ0v) is 14.1. The SMILES string of the molecule is Cc1oc(C(=O)NCC2CCCN2)cc1S(=O)(=O)N1CCCC1. The number of furan rings is 1. The average molecular weight is 341 g/mol. The third-order valence-corrected chi connectivity index (χ3v) is 6.46. The van der Waals surface area contributed by atoms with Gasteiger partial charge in [0, 0.05) is 31.7 Å². The topological polar surface area (TPSA) is 91.6 Å². The van der Waals surface area contributed by atoms with Gasteiger partial charge in [0.25, 0.3) is 5.91 Å². The molecule has 3 heterocycles. The Labute approximate surface area is 136 Å². The van der Waals surface area contributed by atoms with Gasteiger partial charge in [-0.15, -0.1) is 0 Å². The molecule has 2 saturated heterocycles. The summed E-state index contributed by atoms with van der Waals surface area (Å²) in [6.45, 7) is 4.13. The number of carbonyl (C=O) groups excluding carboxylic acids is 1. The van der Waals surface area contributed by atoms with Gasteiger partial charge in [-0.3, -0.25) is 4.79 Å². The number of aryl methyl sites for hydroxylation is 1. The molecule has 0 saturated carbocycles. The lowest BCUT2D eigenvalue weighted by atomic mass is 10.2. The second-order valence-corrected chi connectivity index (χ2v) is 8.05. The van der Waals surface area contributed by atoms with E-state index < -0.39 is 10.0 Å². The van der Waals surface area contributed by atoms with Crippen LogP contribution in [-0.2, 0) is 10.0 Å². The summed E-state index contributed by atoms with van der Waals surface area (Å²) in [5, 5.41) is 6.09. The van der Waals surface area contributed by atoms with Gasteiger partial charge in [0.1, 0.15) is 10.7 Å². The van der Waals surface area contributed by atoms with Gasteiger partial charge in [0.05, 0.1) is 0 Å². The Kier molecular flexibility index (Phi) is 4.74. The molecule has 1 amide bonds. The predicted molar refractivity (Wildman–Crippen MR) is 84.8 cm³/mol. The third-order valence-electron chi connectivity index (χ3n) is 4.45. The van der Waals surface area contributed by atoms with Gasteiger partial charge >= 0.3 is 0 Å². The van der Waals surface area contributed by atoms with Crippen LogP contribution in [0.25, 0.3) is 0 Å². The van der Waals surface area contributed by atoms with Crippen molar-refractivity contribution >= 4 is 15.9 Å². The summed E-state index contributed by atoms with van der Waals surface area (Å²) in [4.78, 5) is 12.3. The molecule has 1 unspecified atom stereocenters. The molecule has 2 aliphatic rings. The van der Waals surface area contributed by atoms with E-state index in [-0.39, 0.29) is 28.4 Å². The smallest absolute Gasteiger partial charge is 0.287 e. The van der Waals surface area contributed by atoms with Crippen LogP contribution >= 0.6 is 0 Å². The largest absolute Gasteiger partial charge is 0.455 e. The monoisotopic (exact) mass is 341 g/mol. The Bertz CT molecular complexity index is 671. The van der Waals surface area contributed by atoms with Gasteiger partial charge < -0.3 is 15.1 Å². The first kappa shape index (κ1) is 16.5. The van der Waals surface area contributed by atoms with E-state index in [1.165, 1.54) is 10.4 Å². The summed E-state index contributed by atoms with van der Waals surface area (Å²) in [5.41, 5.74) is 0. The molecular formula is C15H23N3O4S. The normalized spacial score (nSPS) is 22.6. The number of rotatable bonds is 5. The van der Waals surface area contributed by atoms with Crippen molar-refractivity contribution in [3.05, 3.63) is 17.6 Å². The molecule has 2 N–H and O–H groups in total. The molecule has 1 aromatic heterocycles. The summed E-state index contributed by atoms with van der Waals surface area (Å²) >= 11 is 0. The van der Waals surface area contributed by atoms with Gasteiger partial charge in [-0.25, -0.2) is 8.42 Å². The molecule has 23 heavy (non-hydrogen) atoms. The first-order chi connectivity index (χ1) is 11.0. The van der Waals surface area contributed by atoms with E-state index in [1.54, 1.807) is 6.92 Å². The number of nitrogens with zero attached hydrogens (tertiary/aromatic N) is 1. The van der Waals surface area contributed by atoms with Crippen molar-refractivity contribution in [3.63, 3.8) is 0 Å². The lowest BCUT2D eigenvalue weighted by molar-refractivity contribution is 0.0921. The Morgan fingerprint density at radius 1 is 1.39 bits per heavy atom. The molecule has 0 aliphatic carbocycles. The molecule has 1 atom stereocenters. The third kappa shape index (κ3) is 3.44. The number of nitrogens with one attached hydrogen (secondary N) is 2. The molecule has 2 aliphatic heterocycles. The summed E-state index contributed by atoms with van der Waals surface area (Å²) in [6.07, 6.45) is 3.89. The van der Waals surface area contributed by atoms with Crippen molar-refractivity contribution < 1.29 is 17.6 Å². The number of sulfonamides is 1. The highest BCUT2D eigenvalue weighted by Gasteiger charge is 2.31. The average Bonchev–Trinajstić information content (AvgIpc) is 3.25. The second kappa shape index (κ2) is 6.62. The van der Waals surface area contributed by atoms with Crippen molar-refractivity contribution in [3.8, 4) is 0 Å². The minimum absolute atomic E-state index is 0.0540. The quantitative estimate of drug-likeness (QED) is 0.829. The molecule has 128 valence electrons. The Morgan fingerprint density at radius 2 is 2.13 bits per heavy atom. The fourth-order valence-electron chi connectivity index (χ4n) is 3.13. The molecule has 0 bridgehead atoms. The van der Waals surface area contributed by atoms with E-state index in [0.29, 0.717) is 19.6 Å². The fraction of sp³-hybridized carbons (Fsp3) is 0.667. The molecular weight excluding hydrogens is 318 g/mol. The molecule has 0 aromatic carbocycles. The molecule has 2 fully saturated rings. The van der Waals surface area contributed by atoms with Gasteiger partial charge in [-0.1, -0.05) is 0 Å². The van der Waals surface area contributed by atoms with E-state index in [9.17, 15) is 13.2 Å². The molecule has 7 nitrogen and oxygen atoms in total. The molecule has 1 aromatic rings. The Balaban J connectivity index is 1.71. The van der Waals surface area contributed by atoms with Crippen LogP contribution in [0.15, 0.2) is 15.4 Å². The summed E-state index contributed by atoms with van der Waals surface area (Å²) < 4.78 is 32.0. The Hall–Kier alpha value is -1.38. The van der Waals surface area contributed by atoms with Crippen molar-refractivity contribution in [2.45, 2.75) is 43.5 Å². The Morgan fingerprint density at radius 3 is 2.78 bits per heavy atom. The van der Waals surface area contributed by atoms with Gasteiger partial charge in [-0.2, -0.15) is 4.31 Å². The maximum absolute atomic E-state index is 12.6. The van der Waals surface area contributed by atoms with Crippen LogP contribution in [0.3, 0.4) is 0 Å². The van der Waals surface area contributed by atoms with Crippen LogP contribution in [0.5, 0.6) is 0 Å². The van der Waals surface area contributed by atoms with Crippen LogP contribution in [0.2, 0.25) is 0 Å². The minimum Gasteiger partial charge on any atom is -0.455 e. The van der Waals surface area contributed by atoms with E-state index in [0.717, 1.165) is 32.2 Å². The van der Waals surface area contributed by atoms with Gasteiger partial charge in [-0.05, 0) is 39.2 Å². The molecule has 3 rings (SSSR count). The lowest BCUT2D eigenvalue weighted by Crippen LogP contribution is -2.37. The van der Waals surface area contributed by atoms with Crippen molar-refractivity contribution in [2.75, 3.05) is 26.2 Å². The first-order valence-corrected chi connectivity index (χ1v) is 9.54. The highest BCUT2D eigenvalue weighted by atomic mass is 32.2. The van der Waals surface area contributed by atoms with E-state index in [1.807, 2.05) is 0 Å². The molecule has 0 radical (unpaired) electrons. The lowest BCUT2D eigenvalue weighted by Gasteiger charge is -2.14. The molecule has 0 spiro atoms. The zero-order chi connectivity index (χ0) is 16.4. The van der Waals surface area contributed by atoms with Crippen molar-refractivity contribution in [2.24, 2.45) is 0 Å². The van der Waals surface area contributed by atoms with Crippen LogP contribution in [-0.4, -0.2) is 50.9 Å². The highest BCUT2D eigenvalue weighted by Crippen LogP contribution is 2.26. The highest BCUT2D eigenvalue weighted by molar-refractivity contribution is 7.89. The predicted octanol–water partition coefficient (Wildman–Crippen LogP) is 0.854. The maximum Gasteiger partial charge on any atom is 0.287 e. The zero-order valence-electron chi connectivity index (χ0n) is 13.3. The van der Waals surface area contributed by atoms with Crippen LogP contribution < -0.4 is 10.6 Å². The summed E-state index contributed by atoms with van der Waals surface area (Å²) in [6, 6.07) is 1.63. The van der Waals surface area contributed by atoms with Crippen molar-refractivity contribution in [1.29, 1.82) is 0 Å². The van der Waals surface area contributed by atoms with Crippen LogP contribution in [0.1, 0.15) is 42.0 Å². The first-order valence-electron chi connectivity index (χ1n) is 8.10. The van der Waals surface area contributed by atoms with Crippen LogP contribution in [0.4, 0.5) is 0 Å². The minimum atomic E-state index is -3.57. The van der Waals surface area contributed by atoms with Crippen molar-refractivity contribution in [1.82, 2.24) is 14.9 Å². The maximum atomic E-state index is 12.6. The van der Waals surface area contributed by atoms with Gasteiger partial charge in [0.2, 0.25) is 10.0 Å². The fourth-order valence-corrected chi connectivity index (χ4v) is 4.81. The van der Waals surface area contributed by atoms with Crippen LogP contribution in [0, 0.1) is 6.92 Å². The van der Waals surface area contributed by atoms with E-state index in [2.05, 4.69) is 10.6 Å².